The van der Waals surface area contributed by atoms with Gasteiger partial charge in [-0.3, -0.25) is 4.18 Å². The molecular weight excluding hydrogens is 264 g/mol. The summed E-state index contributed by atoms with van der Waals surface area (Å²) in [6.07, 6.45) is 2.15. The third kappa shape index (κ3) is 15.8. The molecule has 0 aromatic rings. The van der Waals surface area contributed by atoms with Crippen molar-refractivity contribution in [3.8, 4) is 0 Å². The fourth-order valence-corrected chi connectivity index (χ4v) is 1.26. The average Bonchev–Trinajstić information content (AvgIpc) is 2.29. The summed E-state index contributed by atoms with van der Waals surface area (Å²) in [5.74, 6) is 0. The fourth-order valence-electron chi connectivity index (χ4n) is 0.983. The molecule has 0 atom stereocenters. The minimum absolute atomic E-state index is 0.0395. The SMILES string of the molecule is CCCCOCCOCCOCCOS(=O)(=O)[O-]. The Balaban J connectivity index is 3.03. The summed E-state index contributed by atoms with van der Waals surface area (Å²) in [5, 5.41) is 0. The Labute approximate surface area is 108 Å². The summed E-state index contributed by atoms with van der Waals surface area (Å²) < 4.78 is 49.5. The first-order valence-corrected chi connectivity index (χ1v) is 7.23. The number of hydrogen-bond donors (Lipinski definition) is 0. The van der Waals surface area contributed by atoms with Crippen LogP contribution in [0.3, 0.4) is 0 Å². The molecule has 0 heterocycles. The highest BCUT2D eigenvalue weighted by atomic mass is 32.3. The molecule has 0 aromatic heterocycles. The maximum absolute atomic E-state index is 10.0. The Bertz CT molecular complexity index is 265. The molecule has 0 aromatic carbocycles. The van der Waals surface area contributed by atoms with Crippen LogP contribution < -0.4 is 0 Å². The molecular formula is C10H21O7S-. The average molecular weight is 285 g/mol. The minimum Gasteiger partial charge on any atom is -0.726 e. The van der Waals surface area contributed by atoms with Crippen molar-refractivity contribution in [1.82, 2.24) is 0 Å². The van der Waals surface area contributed by atoms with E-state index < -0.39 is 10.4 Å². The van der Waals surface area contributed by atoms with Gasteiger partial charge in [-0.2, -0.15) is 0 Å². The van der Waals surface area contributed by atoms with Gasteiger partial charge in [0.1, 0.15) is 0 Å². The molecule has 0 fully saturated rings. The highest BCUT2D eigenvalue weighted by Gasteiger charge is 1.95. The van der Waals surface area contributed by atoms with E-state index >= 15 is 0 Å². The molecule has 0 bridgehead atoms. The Kier molecular flexibility index (Phi) is 11.7. The van der Waals surface area contributed by atoms with Gasteiger partial charge in [-0.1, -0.05) is 13.3 Å². The Morgan fingerprint density at radius 1 is 0.833 bits per heavy atom. The van der Waals surface area contributed by atoms with Crippen molar-refractivity contribution < 1.29 is 31.4 Å². The van der Waals surface area contributed by atoms with Crippen LogP contribution in [0.4, 0.5) is 0 Å². The lowest BCUT2D eigenvalue weighted by Gasteiger charge is -2.08. The van der Waals surface area contributed by atoms with Gasteiger partial charge in [-0.15, -0.1) is 0 Å². The van der Waals surface area contributed by atoms with Crippen LogP contribution in [0.1, 0.15) is 19.8 Å². The van der Waals surface area contributed by atoms with Crippen molar-refractivity contribution in [2.24, 2.45) is 0 Å². The van der Waals surface area contributed by atoms with E-state index in [1.807, 2.05) is 0 Å². The number of ether oxygens (including phenoxy) is 3. The van der Waals surface area contributed by atoms with E-state index in [0.29, 0.717) is 26.4 Å². The fraction of sp³-hybridized carbons (Fsp3) is 1.00. The second-order valence-corrected chi connectivity index (χ2v) is 4.47. The summed E-state index contributed by atoms with van der Waals surface area (Å²) in [6, 6.07) is 0. The zero-order valence-electron chi connectivity index (χ0n) is 10.6. The maximum Gasteiger partial charge on any atom is 0.217 e. The lowest BCUT2D eigenvalue weighted by atomic mass is 10.4. The van der Waals surface area contributed by atoms with Crippen LogP contribution in [0, 0.1) is 0 Å². The zero-order chi connectivity index (χ0) is 13.7. The van der Waals surface area contributed by atoms with E-state index in [1.54, 1.807) is 0 Å². The van der Waals surface area contributed by atoms with Crippen molar-refractivity contribution >= 4 is 10.4 Å². The van der Waals surface area contributed by atoms with Crippen molar-refractivity contribution in [1.29, 1.82) is 0 Å². The van der Waals surface area contributed by atoms with Crippen molar-refractivity contribution in [2.45, 2.75) is 19.8 Å². The van der Waals surface area contributed by atoms with E-state index in [0.717, 1.165) is 19.4 Å². The highest BCUT2D eigenvalue weighted by Crippen LogP contribution is 1.88. The number of hydrogen-bond acceptors (Lipinski definition) is 7. The van der Waals surface area contributed by atoms with Gasteiger partial charge in [-0.25, -0.2) is 8.42 Å². The van der Waals surface area contributed by atoms with Crippen molar-refractivity contribution in [3.63, 3.8) is 0 Å². The van der Waals surface area contributed by atoms with Gasteiger partial charge >= 0.3 is 0 Å². The molecule has 110 valence electrons. The van der Waals surface area contributed by atoms with E-state index in [1.165, 1.54) is 0 Å². The zero-order valence-corrected chi connectivity index (χ0v) is 11.4. The van der Waals surface area contributed by atoms with Crippen molar-refractivity contribution in [3.05, 3.63) is 0 Å². The second-order valence-electron chi connectivity index (χ2n) is 3.42. The smallest absolute Gasteiger partial charge is 0.217 e. The topological polar surface area (TPSA) is 94.1 Å². The van der Waals surface area contributed by atoms with Gasteiger partial charge in [0.25, 0.3) is 0 Å². The van der Waals surface area contributed by atoms with Gasteiger partial charge in [0.15, 0.2) is 0 Å². The Morgan fingerprint density at radius 3 is 1.72 bits per heavy atom. The first kappa shape index (κ1) is 17.8. The van der Waals surface area contributed by atoms with Gasteiger partial charge in [0.2, 0.25) is 10.4 Å². The van der Waals surface area contributed by atoms with E-state index in [2.05, 4.69) is 11.1 Å². The highest BCUT2D eigenvalue weighted by molar-refractivity contribution is 7.80. The molecule has 8 heteroatoms. The number of unbranched alkanes of at least 4 members (excludes halogenated alkanes) is 1. The molecule has 0 aliphatic carbocycles. The van der Waals surface area contributed by atoms with Crippen LogP contribution in [-0.4, -0.2) is 59.2 Å². The van der Waals surface area contributed by atoms with Crippen molar-refractivity contribution in [2.75, 3.05) is 46.2 Å². The Morgan fingerprint density at radius 2 is 1.28 bits per heavy atom. The molecule has 0 radical (unpaired) electrons. The van der Waals surface area contributed by atoms with E-state index in [-0.39, 0.29) is 13.2 Å². The van der Waals surface area contributed by atoms with Crippen LogP contribution in [0.15, 0.2) is 0 Å². The predicted molar refractivity (Wildman–Crippen MR) is 63.0 cm³/mol. The van der Waals surface area contributed by atoms with Crippen LogP contribution in [0.25, 0.3) is 0 Å². The van der Waals surface area contributed by atoms with E-state index in [9.17, 15) is 13.0 Å². The molecule has 0 saturated carbocycles. The molecule has 0 aliphatic rings. The van der Waals surface area contributed by atoms with Crippen LogP contribution in [0.5, 0.6) is 0 Å². The quantitative estimate of drug-likeness (QED) is 0.273. The molecule has 0 saturated heterocycles. The second kappa shape index (κ2) is 11.8. The minimum atomic E-state index is -4.61. The summed E-state index contributed by atoms with van der Waals surface area (Å²) in [5.41, 5.74) is 0. The third-order valence-corrected chi connectivity index (χ3v) is 2.30. The maximum atomic E-state index is 10.0. The van der Waals surface area contributed by atoms with E-state index in [4.69, 9.17) is 14.2 Å². The van der Waals surface area contributed by atoms with Gasteiger partial charge in [-0.05, 0) is 6.42 Å². The molecule has 7 nitrogen and oxygen atoms in total. The molecule has 0 aliphatic heterocycles. The monoisotopic (exact) mass is 285 g/mol. The summed E-state index contributed by atoms with van der Waals surface area (Å²) in [4.78, 5) is 0. The van der Waals surface area contributed by atoms with Gasteiger partial charge in [0.05, 0.1) is 39.6 Å². The molecule has 18 heavy (non-hydrogen) atoms. The summed E-state index contributed by atoms with van der Waals surface area (Å²) in [7, 11) is -4.61. The lowest BCUT2D eigenvalue weighted by molar-refractivity contribution is 0.00864. The van der Waals surface area contributed by atoms with Crippen LogP contribution in [-0.2, 0) is 28.8 Å². The summed E-state index contributed by atoms with van der Waals surface area (Å²) >= 11 is 0. The number of rotatable bonds is 13. The third-order valence-electron chi connectivity index (χ3n) is 1.84. The predicted octanol–water partition coefficient (Wildman–Crippen LogP) is 0.313. The van der Waals surface area contributed by atoms with Gasteiger partial charge < -0.3 is 18.8 Å². The summed E-state index contributed by atoms with van der Waals surface area (Å²) in [6.45, 7) is 4.37. The normalized spacial score (nSPS) is 11.9. The molecule has 0 amide bonds. The van der Waals surface area contributed by atoms with Crippen LogP contribution >= 0.6 is 0 Å². The molecule has 0 N–H and O–H groups in total. The molecule has 0 unspecified atom stereocenters. The standard InChI is InChI=1S/C10H22O7S/c1-2-3-4-14-5-6-15-7-8-16-9-10-17-18(11,12)13/h2-10H2,1H3,(H,11,12,13)/p-1. The molecule has 0 spiro atoms. The molecule has 0 rings (SSSR count). The first-order valence-electron chi connectivity index (χ1n) is 5.89. The van der Waals surface area contributed by atoms with Gasteiger partial charge in [0, 0.05) is 6.61 Å². The lowest BCUT2D eigenvalue weighted by Crippen LogP contribution is -2.13. The first-order chi connectivity index (χ1) is 8.56. The largest absolute Gasteiger partial charge is 0.726 e. The van der Waals surface area contributed by atoms with Crippen LogP contribution in [0.2, 0.25) is 0 Å². The Hall–Kier alpha value is -0.250.